The van der Waals surface area contributed by atoms with Gasteiger partial charge >= 0.3 is 0 Å². The first-order chi connectivity index (χ1) is 9.37. The lowest BCUT2D eigenvalue weighted by molar-refractivity contribution is 0.171. The van der Waals surface area contributed by atoms with Gasteiger partial charge in [-0.3, -0.25) is 0 Å². The third-order valence-corrected chi connectivity index (χ3v) is 3.65. The van der Waals surface area contributed by atoms with Crippen LogP contribution in [-0.2, 0) is 0 Å². The fourth-order valence-electron chi connectivity index (χ4n) is 2.45. The second-order valence-corrected chi connectivity index (χ2v) is 6.88. The Morgan fingerprint density at radius 1 is 1.10 bits per heavy atom. The predicted molar refractivity (Wildman–Crippen MR) is 82.8 cm³/mol. The highest BCUT2D eigenvalue weighted by Crippen LogP contribution is 2.35. The van der Waals surface area contributed by atoms with Gasteiger partial charge in [0.25, 0.3) is 0 Å². The Morgan fingerprint density at radius 2 is 1.75 bits per heavy atom. The van der Waals surface area contributed by atoms with E-state index in [9.17, 15) is 0 Å². The molecule has 0 aromatic heterocycles. The second kappa shape index (κ2) is 6.04. The number of hydrogen-bond donors (Lipinski definition) is 1. The molecule has 1 atom stereocenters. The van der Waals surface area contributed by atoms with Crippen molar-refractivity contribution in [2.75, 3.05) is 19.8 Å². The van der Waals surface area contributed by atoms with Gasteiger partial charge in [0.1, 0.15) is 13.2 Å². The van der Waals surface area contributed by atoms with Crippen molar-refractivity contribution in [3.8, 4) is 11.5 Å². The molecule has 0 radical (unpaired) electrons. The summed E-state index contributed by atoms with van der Waals surface area (Å²) >= 11 is 0. The van der Waals surface area contributed by atoms with Crippen molar-refractivity contribution in [2.24, 2.45) is 5.92 Å². The lowest BCUT2D eigenvalue weighted by atomic mass is 9.87. The van der Waals surface area contributed by atoms with Crippen LogP contribution in [0.3, 0.4) is 0 Å². The molecule has 0 amide bonds. The Morgan fingerprint density at radius 3 is 2.35 bits per heavy atom. The van der Waals surface area contributed by atoms with E-state index in [0.29, 0.717) is 25.0 Å². The summed E-state index contributed by atoms with van der Waals surface area (Å²) in [7, 11) is 0. The summed E-state index contributed by atoms with van der Waals surface area (Å²) in [5.74, 6) is 2.80. The van der Waals surface area contributed by atoms with Crippen LogP contribution in [0.1, 0.15) is 46.1 Å². The molecule has 1 aliphatic heterocycles. The topological polar surface area (TPSA) is 30.5 Å². The van der Waals surface area contributed by atoms with Crippen molar-refractivity contribution in [1.82, 2.24) is 5.32 Å². The van der Waals surface area contributed by atoms with Gasteiger partial charge in [-0.2, -0.15) is 0 Å². The quantitative estimate of drug-likeness (QED) is 0.912. The zero-order chi connectivity index (χ0) is 14.8. The number of hydrogen-bond acceptors (Lipinski definition) is 3. The Bertz CT molecular complexity index is 449. The first-order valence-corrected chi connectivity index (χ1v) is 7.51. The van der Waals surface area contributed by atoms with Gasteiger partial charge in [-0.05, 0) is 50.3 Å². The first-order valence-electron chi connectivity index (χ1n) is 7.51. The van der Waals surface area contributed by atoms with Gasteiger partial charge in [0, 0.05) is 12.1 Å². The van der Waals surface area contributed by atoms with E-state index < -0.39 is 0 Å². The zero-order valence-corrected chi connectivity index (χ0v) is 13.3. The molecule has 3 heteroatoms. The predicted octanol–water partition coefficient (Wildman–Crippen LogP) is 3.59. The van der Waals surface area contributed by atoms with Crippen LogP contribution in [0.2, 0.25) is 0 Å². The summed E-state index contributed by atoms with van der Waals surface area (Å²) in [5.41, 5.74) is 1.46. The SMILES string of the molecule is CC(C)C(CNC(C)(C)C)c1ccc2c(c1)OCCO2. The Kier molecular flexibility index (Phi) is 4.59. The van der Waals surface area contributed by atoms with Crippen molar-refractivity contribution < 1.29 is 9.47 Å². The van der Waals surface area contributed by atoms with E-state index in [1.54, 1.807) is 0 Å². The molecule has 0 bridgehead atoms. The molecule has 2 rings (SSSR count). The molecule has 1 N–H and O–H groups in total. The molecule has 1 aromatic carbocycles. The minimum Gasteiger partial charge on any atom is -0.486 e. The smallest absolute Gasteiger partial charge is 0.161 e. The van der Waals surface area contributed by atoms with Crippen LogP contribution >= 0.6 is 0 Å². The molecule has 1 aliphatic rings. The summed E-state index contributed by atoms with van der Waals surface area (Å²) in [6.07, 6.45) is 0. The van der Waals surface area contributed by atoms with Crippen LogP contribution < -0.4 is 14.8 Å². The zero-order valence-electron chi connectivity index (χ0n) is 13.3. The Labute approximate surface area is 122 Å². The molecule has 0 aliphatic carbocycles. The fraction of sp³-hybridized carbons (Fsp3) is 0.647. The molecular formula is C17H27NO2. The van der Waals surface area contributed by atoms with E-state index in [4.69, 9.17) is 9.47 Å². The summed E-state index contributed by atoms with van der Waals surface area (Å²) in [5, 5.41) is 3.61. The highest BCUT2D eigenvalue weighted by Gasteiger charge is 2.21. The van der Waals surface area contributed by atoms with E-state index in [1.807, 2.05) is 6.07 Å². The Hall–Kier alpha value is -1.22. The van der Waals surface area contributed by atoms with Crippen molar-refractivity contribution >= 4 is 0 Å². The standard InChI is InChI=1S/C17H27NO2/c1-12(2)14(11-18-17(3,4)5)13-6-7-15-16(10-13)20-9-8-19-15/h6-7,10,12,14,18H,8-9,11H2,1-5H3. The number of nitrogens with one attached hydrogen (secondary N) is 1. The number of fused-ring (bicyclic) bond motifs is 1. The maximum absolute atomic E-state index is 5.69. The number of rotatable bonds is 4. The van der Waals surface area contributed by atoms with Gasteiger partial charge in [0.2, 0.25) is 0 Å². The van der Waals surface area contributed by atoms with Gasteiger partial charge in [0.05, 0.1) is 0 Å². The van der Waals surface area contributed by atoms with Crippen LogP contribution in [0.4, 0.5) is 0 Å². The van der Waals surface area contributed by atoms with E-state index >= 15 is 0 Å². The van der Waals surface area contributed by atoms with Crippen LogP contribution in [0.15, 0.2) is 18.2 Å². The summed E-state index contributed by atoms with van der Waals surface area (Å²) in [4.78, 5) is 0. The summed E-state index contributed by atoms with van der Waals surface area (Å²) in [6.45, 7) is 13.4. The largest absolute Gasteiger partial charge is 0.486 e. The molecule has 0 fully saturated rings. The molecule has 0 saturated carbocycles. The summed E-state index contributed by atoms with van der Waals surface area (Å²) < 4.78 is 11.3. The monoisotopic (exact) mass is 277 g/mol. The van der Waals surface area contributed by atoms with Crippen molar-refractivity contribution in [2.45, 2.75) is 46.1 Å². The summed E-state index contributed by atoms with van der Waals surface area (Å²) in [6, 6.07) is 6.35. The molecule has 3 nitrogen and oxygen atoms in total. The highest BCUT2D eigenvalue weighted by molar-refractivity contribution is 5.45. The lowest BCUT2D eigenvalue weighted by Gasteiger charge is -2.29. The molecular weight excluding hydrogens is 250 g/mol. The molecule has 1 aromatic rings. The van der Waals surface area contributed by atoms with Crippen LogP contribution in [-0.4, -0.2) is 25.3 Å². The van der Waals surface area contributed by atoms with Crippen LogP contribution in [0, 0.1) is 5.92 Å². The highest BCUT2D eigenvalue weighted by atomic mass is 16.6. The van der Waals surface area contributed by atoms with Crippen molar-refractivity contribution in [1.29, 1.82) is 0 Å². The second-order valence-electron chi connectivity index (χ2n) is 6.88. The minimum absolute atomic E-state index is 0.140. The maximum Gasteiger partial charge on any atom is 0.161 e. The molecule has 112 valence electrons. The molecule has 1 unspecified atom stereocenters. The van der Waals surface area contributed by atoms with Crippen molar-refractivity contribution in [3.05, 3.63) is 23.8 Å². The molecule has 1 heterocycles. The average Bonchev–Trinajstić information content (AvgIpc) is 2.37. The average molecular weight is 277 g/mol. The van der Waals surface area contributed by atoms with Gasteiger partial charge in [-0.25, -0.2) is 0 Å². The third kappa shape index (κ3) is 3.89. The minimum atomic E-state index is 0.140. The van der Waals surface area contributed by atoms with E-state index in [-0.39, 0.29) is 5.54 Å². The van der Waals surface area contributed by atoms with Crippen LogP contribution in [0.5, 0.6) is 11.5 Å². The number of ether oxygens (including phenoxy) is 2. The Balaban J connectivity index is 2.16. The maximum atomic E-state index is 5.69. The van der Waals surface area contributed by atoms with E-state index in [0.717, 1.165) is 18.0 Å². The van der Waals surface area contributed by atoms with Gasteiger partial charge < -0.3 is 14.8 Å². The van der Waals surface area contributed by atoms with E-state index in [2.05, 4.69) is 52.1 Å². The lowest BCUT2D eigenvalue weighted by Crippen LogP contribution is -2.39. The third-order valence-electron chi connectivity index (χ3n) is 3.65. The van der Waals surface area contributed by atoms with Crippen LogP contribution in [0.25, 0.3) is 0 Å². The van der Waals surface area contributed by atoms with E-state index in [1.165, 1.54) is 5.56 Å². The molecule has 20 heavy (non-hydrogen) atoms. The first kappa shape index (κ1) is 15.2. The van der Waals surface area contributed by atoms with Gasteiger partial charge in [-0.15, -0.1) is 0 Å². The molecule has 0 spiro atoms. The number of benzene rings is 1. The normalized spacial score (nSPS) is 16.3. The van der Waals surface area contributed by atoms with Gasteiger partial charge in [-0.1, -0.05) is 19.9 Å². The van der Waals surface area contributed by atoms with Crippen molar-refractivity contribution in [3.63, 3.8) is 0 Å². The molecule has 0 saturated heterocycles. The van der Waals surface area contributed by atoms with Gasteiger partial charge in [0.15, 0.2) is 11.5 Å². The fourth-order valence-corrected chi connectivity index (χ4v) is 2.45.